The van der Waals surface area contributed by atoms with Crippen LogP contribution in [0.25, 0.3) is 0 Å². The van der Waals surface area contributed by atoms with E-state index in [1.807, 2.05) is 4.90 Å². The van der Waals surface area contributed by atoms with E-state index in [-0.39, 0.29) is 10.8 Å². The van der Waals surface area contributed by atoms with Gasteiger partial charge in [0.05, 0.1) is 4.90 Å². The van der Waals surface area contributed by atoms with Crippen LogP contribution in [0.4, 0.5) is 5.69 Å². The number of nitrogens with one attached hydrogen (secondary N) is 1. The number of hydrogen-bond donors (Lipinski definition) is 1. The number of sulfonamides is 1. The average molecular weight is 416 g/mol. The molecule has 2 aromatic carbocycles. The van der Waals surface area contributed by atoms with Crippen molar-refractivity contribution in [2.75, 3.05) is 37.4 Å². The Bertz CT molecular complexity index is 921. The quantitative estimate of drug-likeness (QED) is 0.753. The highest BCUT2D eigenvalue weighted by Crippen LogP contribution is 2.19. The van der Waals surface area contributed by atoms with Crippen molar-refractivity contribution in [1.82, 2.24) is 9.80 Å². The fourth-order valence-corrected chi connectivity index (χ4v) is 4.40. The molecule has 2 aromatic rings. The minimum Gasteiger partial charge on any atom is -0.336 e. The Labute approximate surface area is 173 Å². The third-order valence-electron chi connectivity index (χ3n) is 5.10. The Morgan fingerprint density at radius 1 is 1.00 bits per heavy atom. The van der Waals surface area contributed by atoms with Crippen LogP contribution in [0.3, 0.4) is 0 Å². The molecule has 0 spiro atoms. The van der Waals surface area contributed by atoms with E-state index in [0.29, 0.717) is 30.3 Å². The highest BCUT2D eigenvalue weighted by atomic mass is 32.2. The fourth-order valence-electron chi connectivity index (χ4n) is 3.33. The van der Waals surface area contributed by atoms with Gasteiger partial charge in [0.1, 0.15) is 0 Å². The van der Waals surface area contributed by atoms with Gasteiger partial charge in [-0.1, -0.05) is 38.1 Å². The monoisotopic (exact) mass is 415 g/mol. The smallest absolute Gasteiger partial charge is 0.261 e. The summed E-state index contributed by atoms with van der Waals surface area (Å²) < 4.78 is 27.6. The van der Waals surface area contributed by atoms with Crippen molar-refractivity contribution < 1.29 is 13.2 Å². The molecule has 0 bridgehead atoms. The number of benzene rings is 2. The first kappa shape index (κ1) is 21.3. The molecule has 1 heterocycles. The lowest BCUT2D eigenvalue weighted by molar-refractivity contribution is 0.0632. The lowest BCUT2D eigenvalue weighted by Crippen LogP contribution is -2.49. The summed E-state index contributed by atoms with van der Waals surface area (Å²) in [5.74, 6) is 0.617. The van der Waals surface area contributed by atoms with Gasteiger partial charge < -0.3 is 4.90 Å². The van der Waals surface area contributed by atoms with Crippen molar-refractivity contribution in [3.05, 3.63) is 60.2 Å². The Morgan fingerprint density at radius 3 is 2.34 bits per heavy atom. The number of rotatable bonds is 7. The average Bonchev–Trinajstić information content (AvgIpc) is 2.72. The molecule has 1 N–H and O–H groups in total. The molecule has 29 heavy (non-hydrogen) atoms. The lowest BCUT2D eigenvalue weighted by atomic mass is 10.1. The van der Waals surface area contributed by atoms with Gasteiger partial charge in [0.2, 0.25) is 0 Å². The zero-order valence-electron chi connectivity index (χ0n) is 17.0. The van der Waals surface area contributed by atoms with E-state index in [2.05, 4.69) is 23.5 Å². The molecule has 1 aliphatic rings. The molecule has 1 fully saturated rings. The van der Waals surface area contributed by atoms with Crippen LogP contribution in [0.5, 0.6) is 0 Å². The second-order valence-electron chi connectivity index (χ2n) is 7.82. The number of amides is 1. The van der Waals surface area contributed by atoms with Crippen molar-refractivity contribution in [3.63, 3.8) is 0 Å². The van der Waals surface area contributed by atoms with E-state index in [9.17, 15) is 13.2 Å². The maximum Gasteiger partial charge on any atom is 0.261 e. The molecule has 1 amide bonds. The molecule has 0 atom stereocenters. The van der Waals surface area contributed by atoms with E-state index >= 15 is 0 Å². The number of anilines is 1. The third-order valence-corrected chi connectivity index (χ3v) is 6.49. The van der Waals surface area contributed by atoms with E-state index in [1.54, 1.807) is 42.5 Å². The maximum absolute atomic E-state index is 12.9. The zero-order valence-corrected chi connectivity index (χ0v) is 17.9. The molecule has 156 valence electrons. The van der Waals surface area contributed by atoms with Crippen LogP contribution < -0.4 is 4.72 Å². The van der Waals surface area contributed by atoms with Gasteiger partial charge in [0, 0.05) is 37.4 Å². The van der Waals surface area contributed by atoms with Gasteiger partial charge in [-0.15, -0.1) is 0 Å². The summed E-state index contributed by atoms with van der Waals surface area (Å²) in [6, 6.07) is 14.9. The van der Waals surface area contributed by atoms with E-state index in [1.165, 1.54) is 12.1 Å². The highest BCUT2D eigenvalue weighted by molar-refractivity contribution is 7.92. The molecule has 0 saturated carbocycles. The number of carbonyl (C=O) groups excluding carboxylic acids is 1. The molecular formula is C22H29N3O3S. The molecule has 1 aliphatic heterocycles. The Balaban J connectivity index is 1.63. The Kier molecular flexibility index (Phi) is 6.92. The first-order chi connectivity index (χ1) is 13.8. The van der Waals surface area contributed by atoms with Crippen LogP contribution in [0.1, 0.15) is 30.6 Å². The molecular weight excluding hydrogens is 386 g/mol. The van der Waals surface area contributed by atoms with E-state index in [0.717, 1.165) is 26.1 Å². The number of nitrogens with zero attached hydrogens (tertiary/aromatic N) is 2. The molecule has 0 unspecified atom stereocenters. The van der Waals surface area contributed by atoms with Crippen molar-refractivity contribution in [2.45, 2.75) is 25.2 Å². The van der Waals surface area contributed by atoms with Crippen molar-refractivity contribution in [3.8, 4) is 0 Å². The summed E-state index contributed by atoms with van der Waals surface area (Å²) >= 11 is 0. The van der Waals surface area contributed by atoms with Crippen LogP contribution in [0, 0.1) is 5.92 Å². The second kappa shape index (κ2) is 9.41. The normalized spacial score (nSPS) is 15.5. The number of piperazine rings is 1. The highest BCUT2D eigenvalue weighted by Gasteiger charge is 2.22. The predicted molar refractivity (Wildman–Crippen MR) is 115 cm³/mol. The van der Waals surface area contributed by atoms with Gasteiger partial charge >= 0.3 is 0 Å². The summed E-state index contributed by atoms with van der Waals surface area (Å²) in [5.41, 5.74) is 0.879. The first-order valence-electron chi connectivity index (χ1n) is 10.0. The summed E-state index contributed by atoms with van der Waals surface area (Å²) in [6.45, 7) is 8.64. The van der Waals surface area contributed by atoms with Crippen LogP contribution in [0.2, 0.25) is 0 Å². The van der Waals surface area contributed by atoms with Gasteiger partial charge in [-0.2, -0.15) is 0 Å². The summed E-state index contributed by atoms with van der Waals surface area (Å²) in [5, 5.41) is 0. The molecule has 0 aliphatic carbocycles. The molecule has 7 heteroatoms. The summed E-state index contributed by atoms with van der Waals surface area (Å²) in [7, 11) is -3.68. The van der Waals surface area contributed by atoms with Gasteiger partial charge in [-0.05, 0) is 49.2 Å². The van der Waals surface area contributed by atoms with Crippen molar-refractivity contribution in [2.24, 2.45) is 5.92 Å². The van der Waals surface area contributed by atoms with Crippen LogP contribution in [-0.4, -0.2) is 56.8 Å². The Hall–Kier alpha value is -2.38. The summed E-state index contributed by atoms with van der Waals surface area (Å²) in [6.07, 6.45) is 1.16. The first-order valence-corrected chi connectivity index (χ1v) is 11.5. The number of hydrogen-bond acceptors (Lipinski definition) is 4. The standard InChI is InChI=1S/C22H29N3O3S/c1-18(2)11-12-24-13-15-25(16-14-24)22(26)19-7-6-8-20(17-19)23-29(27,28)21-9-4-3-5-10-21/h3-10,17-18,23H,11-16H2,1-2H3. The zero-order chi connectivity index (χ0) is 20.9. The van der Waals surface area contributed by atoms with Crippen LogP contribution >= 0.6 is 0 Å². The summed E-state index contributed by atoms with van der Waals surface area (Å²) in [4.78, 5) is 17.3. The largest absolute Gasteiger partial charge is 0.336 e. The molecule has 0 aromatic heterocycles. The predicted octanol–water partition coefficient (Wildman–Crippen LogP) is 3.29. The Morgan fingerprint density at radius 2 is 1.69 bits per heavy atom. The fraction of sp³-hybridized carbons (Fsp3) is 0.409. The van der Waals surface area contributed by atoms with Crippen LogP contribution in [-0.2, 0) is 10.0 Å². The van der Waals surface area contributed by atoms with E-state index in [4.69, 9.17) is 0 Å². The minimum absolute atomic E-state index is 0.0609. The molecule has 1 saturated heterocycles. The van der Waals surface area contributed by atoms with Crippen LogP contribution in [0.15, 0.2) is 59.5 Å². The molecule has 3 rings (SSSR count). The SMILES string of the molecule is CC(C)CCN1CCN(C(=O)c2cccc(NS(=O)(=O)c3ccccc3)c2)CC1. The van der Waals surface area contributed by atoms with E-state index < -0.39 is 10.0 Å². The maximum atomic E-state index is 12.9. The molecule has 0 radical (unpaired) electrons. The van der Waals surface area contributed by atoms with Crippen molar-refractivity contribution >= 4 is 21.6 Å². The third kappa shape index (κ3) is 5.81. The van der Waals surface area contributed by atoms with Gasteiger partial charge in [0.15, 0.2) is 0 Å². The van der Waals surface area contributed by atoms with Gasteiger partial charge in [0.25, 0.3) is 15.9 Å². The van der Waals surface area contributed by atoms with Crippen molar-refractivity contribution in [1.29, 1.82) is 0 Å². The topological polar surface area (TPSA) is 69.7 Å². The van der Waals surface area contributed by atoms with Gasteiger partial charge in [-0.25, -0.2) is 8.42 Å². The number of carbonyl (C=O) groups is 1. The minimum atomic E-state index is -3.68. The molecule has 6 nitrogen and oxygen atoms in total. The second-order valence-corrected chi connectivity index (χ2v) is 9.50. The lowest BCUT2D eigenvalue weighted by Gasteiger charge is -2.35. The van der Waals surface area contributed by atoms with Gasteiger partial charge in [-0.3, -0.25) is 14.4 Å².